The molecule has 1 atom stereocenters. The number of piperazine rings is 1. The smallest absolute Gasteiger partial charge is 0.365 e. The van der Waals surface area contributed by atoms with E-state index in [9.17, 15) is 39.9 Å². The minimum atomic E-state index is -4.62. The topological polar surface area (TPSA) is 23.6 Å². The van der Waals surface area contributed by atoms with Crippen molar-refractivity contribution in [3.8, 4) is 0 Å². The van der Waals surface area contributed by atoms with Crippen LogP contribution in [0.1, 0.15) is 29.2 Å². The zero-order chi connectivity index (χ0) is 25.9. The summed E-state index contributed by atoms with van der Waals surface area (Å²) in [5, 5.41) is 0. The van der Waals surface area contributed by atoms with Crippen molar-refractivity contribution in [2.45, 2.75) is 38.2 Å². The van der Waals surface area contributed by atoms with Crippen LogP contribution in [-0.2, 0) is 17.1 Å². The summed E-state index contributed by atoms with van der Waals surface area (Å²) in [6, 6.07) is 6.07. The Morgan fingerprint density at radius 1 is 0.914 bits per heavy atom. The number of carbonyl (C=O) groups is 1. The number of anilines is 1. The maximum Gasteiger partial charge on any atom is 0.416 e. The second kappa shape index (κ2) is 8.23. The molecule has 2 aliphatic rings. The fourth-order valence-corrected chi connectivity index (χ4v) is 4.38. The Hall–Kier alpha value is -3.11. The van der Waals surface area contributed by atoms with Crippen LogP contribution >= 0.6 is 0 Å². The van der Waals surface area contributed by atoms with Gasteiger partial charge in [-0.3, -0.25) is 4.79 Å². The molecule has 1 heterocycles. The van der Waals surface area contributed by atoms with Crippen molar-refractivity contribution < 1.29 is 39.9 Å². The van der Waals surface area contributed by atoms with Gasteiger partial charge < -0.3 is 9.80 Å². The number of alkyl halides is 8. The molecule has 1 saturated heterocycles. The summed E-state index contributed by atoms with van der Waals surface area (Å²) in [6.45, 7) is 3.46. The number of rotatable bonds is 3. The number of hydrogen-bond acceptors (Lipinski definition) is 2. The monoisotopic (exact) mass is 504 g/mol. The highest BCUT2D eigenvalue weighted by Gasteiger charge is 2.61. The lowest BCUT2D eigenvalue weighted by molar-refractivity contribution is -0.138. The predicted molar refractivity (Wildman–Crippen MR) is 113 cm³/mol. The van der Waals surface area contributed by atoms with Gasteiger partial charge in [0.2, 0.25) is 0 Å². The van der Waals surface area contributed by atoms with E-state index in [0.29, 0.717) is 23.4 Å². The summed E-state index contributed by atoms with van der Waals surface area (Å²) in [6.07, 6.45) is -9.15. The third-order valence-electron chi connectivity index (χ3n) is 6.29. The lowest BCUT2D eigenvalue weighted by Crippen LogP contribution is -2.54. The molecule has 0 bridgehead atoms. The van der Waals surface area contributed by atoms with E-state index >= 15 is 0 Å². The molecular weight excluding hydrogens is 484 g/mol. The molecule has 1 aliphatic carbocycles. The molecule has 1 unspecified atom stereocenters. The number of nitrogens with zero attached hydrogens (tertiary/aromatic N) is 2. The first-order chi connectivity index (χ1) is 16.1. The van der Waals surface area contributed by atoms with E-state index in [1.165, 1.54) is 11.0 Å². The van der Waals surface area contributed by atoms with Crippen LogP contribution in [-0.4, -0.2) is 42.4 Å². The molecule has 1 aliphatic heterocycles. The Labute approximate surface area is 195 Å². The average molecular weight is 504 g/mol. The van der Waals surface area contributed by atoms with Gasteiger partial charge in [0.1, 0.15) is 5.57 Å². The van der Waals surface area contributed by atoms with Gasteiger partial charge in [0.05, 0.1) is 11.1 Å². The lowest BCUT2D eigenvalue weighted by Gasteiger charge is -2.42. The third kappa shape index (κ3) is 4.60. The van der Waals surface area contributed by atoms with Gasteiger partial charge in [0.25, 0.3) is 5.91 Å². The molecular formula is C24H20F8N2O. The number of carbonyl (C=O) groups excluding carboxylic acids is 1. The summed E-state index contributed by atoms with van der Waals surface area (Å²) in [5.74, 6) is -4.49. The fourth-order valence-electron chi connectivity index (χ4n) is 4.38. The Morgan fingerprint density at radius 2 is 1.49 bits per heavy atom. The van der Waals surface area contributed by atoms with Crippen LogP contribution < -0.4 is 4.90 Å². The normalized spacial score (nSPS) is 20.3. The second-order valence-electron chi connectivity index (χ2n) is 8.69. The van der Waals surface area contributed by atoms with Crippen molar-refractivity contribution in [3.63, 3.8) is 0 Å². The maximum atomic E-state index is 14.5. The Balaban J connectivity index is 1.52. The number of hydrogen-bond donors (Lipinski definition) is 0. The molecule has 188 valence electrons. The van der Waals surface area contributed by atoms with Gasteiger partial charge in [-0.05, 0) is 49.2 Å². The van der Waals surface area contributed by atoms with Crippen LogP contribution in [0, 0.1) is 6.92 Å². The first-order valence-corrected chi connectivity index (χ1v) is 10.7. The molecule has 11 heteroatoms. The van der Waals surface area contributed by atoms with E-state index in [0.717, 1.165) is 24.3 Å². The third-order valence-corrected chi connectivity index (χ3v) is 6.29. The summed E-state index contributed by atoms with van der Waals surface area (Å²) in [4.78, 5) is 15.8. The van der Waals surface area contributed by atoms with Gasteiger partial charge in [0.15, 0.2) is 0 Å². The quantitative estimate of drug-likeness (QED) is 0.467. The Kier molecular flexibility index (Phi) is 5.88. The number of aryl methyl sites for hydroxylation is 1. The molecule has 4 rings (SSSR count). The zero-order valence-corrected chi connectivity index (χ0v) is 18.6. The zero-order valence-electron chi connectivity index (χ0n) is 18.6. The van der Waals surface area contributed by atoms with Crippen LogP contribution in [0.4, 0.5) is 40.8 Å². The molecule has 2 aromatic carbocycles. The van der Waals surface area contributed by atoms with Gasteiger partial charge in [-0.15, -0.1) is 0 Å². The van der Waals surface area contributed by atoms with Crippen molar-refractivity contribution in [3.05, 3.63) is 70.3 Å². The van der Waals surface area contributed by atoms with Gasteiger partial charge in [0, 0.05) is 36.9 Å². The highest BCUT2D eigenvalue weighted by molar-refractivity contribution is 6.16. The van der Waals surface area contributed by atoms with Crippen molar-refractivity contribution in [1.29, 1.82) is 0 Å². The molecule has 0 saturated carbocycles. The van der Waals surface area contributed by atoms with Gasteiger partial charge in [-0.2, -0.15) is 35.1 Å². The first-order valence-electron chi connectivity index (χ1n) is 10.7. The number of benzene rings is 2. The lowest BCUT2D eigenvalue weighted by atomic mass is 10.1. The Morgan fingerprint density at radius 3 is 2.03 bits per heavy atom. The van der Waals surface area contributed by atoms with Crippen LogP contribution in [0.25, 0.3) is 5.57 Å². The average Bonchev–Trinajstić information content (AvgIpc) is 3.34. The van der Waals surface area contributed by atoms with Crippen molar-refractivity contribution in [2.75, 3.05) is 24.5 Å². The minimum Gasteiger partial charge on any atom is -0.365 e. The van der Waals surface area contributed by atoms with Crippen LogP contribution in [0.3, 0.4) is 0 Å². The molecule has 0 radical (unpaired) electrons. The summed E-state index contributed by atoms with van der Waals surface area (Å²) >= 11 is 0. The van der Waals surface area contributed by atoms with Crippen molar-refractivity contribution in [2.24, 2.45) is 0 Å². The highest BCUT2D eigenvalue weighted by atomic mass is 19.4. The van der Waals surface area contributed by atoms with E-state index in [4.69, 9.17) is 0 Å². The summed E-state index contributed by atoms with van der Waals surface area (Å²) in [7, 11) is 0. The fraction of sp³-hybridized carbons (Fsp3) is 0.375. The Bertz CT molecular complexity index is 1180. The largest absolute Gasteiger partial charge is 0.416 e. The number of halogens is 8. The molecule has 1 fully saturated rings. The molecule has 0 spiro atoms. The number of allylic oxidation sites excluding steroid dienone is 1. The molecule has 35 heavy (non-hydrogen) atoms. The SMILES string of the molecule is Cc1ccc(C(F)(F)F)cc1N1CCN(C(=O)C2=C(c3ccc(C(F)(F)F)cc3)C2(F)F)CC1C. The number of amides is 1. The van der Waals surface area contributed by atoms with E-state index in [2.05, 4.69) is 0 Å². The molecule has 0 N–H and O–H groups in total. The second-order valence-corrected chi connectivity index (χ2v) is 8.69. The summed E-state index contributed by atoms with van der Waals surface area (Å²) in [5.41, 5.74) is -2.40. The van der Waals surface area contributed by atoms with Gasteiger partial charge >= 0.3 is 18.3 Å². The van der Waals surface area contributed by atoms with Crippen LogP contribution in [0.2, 0.25) is 0 Å². The van der Waals surface area contributed by atoms with Crippen molar-refractivity contribution in [1.82, 2.24) is 4.90 Å². The van der Waals surface area contributed by atoms with E-state index in [1.807, 2.05) is 0 Å². The molecule has 3 nitrogen and oxygen atoms in total. The van der Waals surface area contributed by atoms with Gasteiger partial charge in [-0.1, -0.05) is 18.2 Å². The van der Waals surface area contributed by atoms with E-state index in [-0.39, 0.29) is 25.2 Å². The maximum absolute atomic E-state index is 14.5. The highest BCUT2D eigenvalue weighted by Crippen LogP contribution is 2.56. The predicted octanol–water partition coefficient (Wildman–Crippen LogP) is 6.17. The van der Waals surface area contributed by atoms with Gasteiger partial charge in [-0.25, -0.2) is 0 Å². The van der Waals surface area contributed by atoms with Crippen LogP contribution in [0.15, 0.2) is 48.0 Å². The van der Waals surface area contributed by atoms with E-state index in [1.54, 1.807) is 18.7 Å². The van der Waals surface area contributed by atoms with Crippen LogP contribution in [0.5, 0.6) is 0 Å². The summed E-state index contributed by atoms with van der Waals surface area (Å²) < 4.78 is 107. The first kappa shape index (κ1) is 25.0. The minimum absolute atomic E-state index is 0.00126. The molecule has 1 amide bonds. The van der Waals surface area contributed by atoms with E-state index < -0.39 is 52.5 Å². The molecule has 0 aromatic heterocycles. The molecule has 2 aromatic rings. The van der Waals surface area contributed by atoms with Crippen molar-refractivity contribution >= 4 is 17.2 Å². The standard InChI is InChI=1S/C24H20F8N2O/c1-13-3-6-17(24(30,31)32)11-18(13)34-10-9-33(12-14(34)2)21(35)20-19(22(20,25)26)15-4-7-16(8-5-15)23(27,28)29/h3-8,11,14H,9-10,12H2,1-2H3.